The zero-order chi connectivity index (χ0) is 21.0. The first-order valence-electron chi connectivity index (χ1n) is 9.14. The Bertz CT molecular complexity index is 963. The Hall–Kier alpha value is -2.44. The van der Waals surface area contributed by atoms with Gasteiger partial charge < -0.3 is 20.1 Å². The maximum absolute atomic E-state index is 14.8. The van der Waals surface area contributed by atoms with Crippen LogP contribution in [0, 0.1) is 12.7 Å². The number of benzene rings is 2. The molecule has 1 heterocycles. The molecule has 1 amide bonds. The van der Waals surface area contributed by atoms with Gasteiger partial charge in [-0.25, -0.2) is 4.39 Å². The number of nitrogens with one attached hydrogen (secondary N) is 2. The van der Waals surface area contributed by atoms with Crippen LogP contribution >= 0.6 is 23.2 Å². The Kier molecular flexibility index (Phi) is 6.87. The van der Waals surface area contributed by atoms with Gasteiger partial charge in [0, 0.05) is 18.7 Å². The summed E-state index contributed by atoms with van der Waals surface area (Å²) in [4.78, 5) is 12.6. The molecular formula is C21H21Cl2FN2O3. The molecule has 0 unspecified atom stereocenters. The average Bonchev–Trinajstić information content (AvgIpc) is 2.76. The van der Waals surface area contributed by atoms with Crippen LogP contribution in [0.4, 0.5) is 4.39 Å². The van der Waals surface area contributed by atoms with Gasteiger partial charge in [-0.05, 0) is 49.6 Å². The van der Waals surface area contributed by atoms with E-state index in [9.17, 15) is 9.18 Å². The van der Waals surface area contributed by atoms with Crippen molar-refractivity contribution in [1.29, 1.82) is 0 Å². The van der Waals surface area contributed by atoms with Crippen LogP contribution in [-0.4, -0.2) is 26.1 Å². The van der Waals surface area contributed by atoms with E-state index in [2.05, 4.69) is 10.6 Å². The topological polar surface area (TPSA) is 59.6 Å². The molecule has 0 bridgehead atoms. The molecule has 1 aliphatic rings. The van der Waals surface area contributed by atoms with E-state index in [1.54, 1.807) is 6.07 Å². The third kappa shape index (κ3) is 4.95. The van der Waals surface area contributed by atoms with E-state index >= 15 is 0 Å². The minimum absolute atomic E-state index is 0.00320. The number of hydrogen-bond acceptors (Lipinski definition) is 4. The number of aryl methyl sites for hydroxylation is 1. The summed E-state index contributed by atoms with van der Waals surface area (Å²) in [6.07, 6.45) is 1.62. The zero-order valence-corrected chi connectivity index (χ0v) is 17.6. The summed E-state index contributed by atoms with van der Waals surface area (Å²) in [5.41, 5.74) is 0.987. The first-order chi connectivity index (χ1) is 13.9. The second-order valence-corrected chi connectivity index (χ2v) is 7.38. The van der Waals surface area contributed by atoms with Crippen molar-refractivity contribution in [2.45, 2.75) is 19.8 Å². The molecule has 0 fully saturated rings. The summed E-state index contributed by atoms with van der Waals surface area (Å²) < 4.78 is 26.0. The maximum Gasteiger partial charge on any atom is 0.255 e. The smallest absolute Gasteiger partial charge is 0.255 e. The van der Waals surface area contributed by atoms with Gasteiger partial charge in [-0.3, -0.25) is 4.79 Å². The molecule has 0 atom stereocenters. The summed E-state index contributed by atoms with van der Waals surface area (Å²) in [5.74, 6) is -0.0531. The monoisotopic (exact) mass is 438 g/mol. The van der Waals surface area contributed by atoms with Crippen molar-refractivity contribution in [1.82, 2.24) is 10.6 Å². The lowest BCUT2D eigenvalue weighted by atomic mass is 10.0. The van der Waals surface area contributed by atoms with E-state index in [-0.39, 0.29) is 27.1 Å². The Balaban J connectivity index is 2.05. The molecule has 5 nitrogen and oxygen atoms in total. The number of halogens is 3. The average molecular weight is 439 g/mol. The van der Waals surface area contributed by atoms with E-state index in [0.717, 1.165) is 24.5 Å². The molecule has 0 aliphatic carbocycles. The van der Waals surface area contributed by atoms with Crippen molar-refractivity contribution in [2.24, 2.45) is 0 Å². The van der Waals surface area contributed by atoms with Crippen molar-refractivity contribution in [3.63, 3.8) is 0 Å². The van der Waals surface area contributed by atoms with Crippen LogP contribution in [0.25, 0.3) is 5.57 Å². The fourth-order valence-corrected chi connectivity index (χ4v) is 3.41. The zero-order valence-electron chi connectivity index (χ0n) is 16.1. The lowest BCUT2D eigenvalue weighted by Gasteiger charge is -2.16. The standard InChI is InChI=1S/C21H21Cl2FN2O3/c1-12-5-6-16(18(9-12)28-2)29-17-10-13(15(24)11-14(17)22)19-20(23)25-7-3-4-8-26-21(19)27/h5-6,9-11,25H,3-4,7-8H2,1-2H3,(H,26,27)/b20-19-. The van der Waals surface area contributed by atoms with Crippen LogP contribution in [0.1, 0.15) is 24.0 Å². The lowest BCUT2D eigenvalue weighted by Crippen LogP contribution is -2.26. The van der Waals surface area contributed by atoms with E-state index in [0.29, 0.717) is 24.6 Å². The number of ether oxygens (including phenoxy) is 2. The quantitative estimate of drug-likeness (QED) is 0.659. The van der Waals surface area contributed by atoms with Gasteiger partial charge in [0.2, 0.25) is 0 Å². The highest BCUT2D eigenvalue weighted by molar-refractivity contribution is 6.39. The molecule has 1 aliphatic heterocycles. The number of carbonyl (C=O) groups excluding carboxylic acids is 1. The van der Waals surface area contributed by atoms with Gasteiger partial charge in [0.15, 0.2) is 11.5 Å². The second-order valence-electron chi connectivity index (χ2n) is 6.60. The van der Waals surface area contributed by atoms with Gasteiger partial charge in [0.05, 0.1) is 17.7 Å². The van der Waals surface area contributed by atoms with Crippen LogP contribution in [0.5, 0.6) is 17.2 Å². The van der Waals surface area contributed by atoms with Crippen LogP contribution in [0.3, 0.4) is 0 Å². The van der Waals surface area contributed by atoms with Crippen LogP contribution in [0.15, 0.2) is 35.5 Å². The molecule has 0 saturated carbocycles. The largest absolute Gasteiger partial charge is 0.493 e. The molecule has 3 rings (SSSR count). The number of carbonyl (C=O) groups is 1. The summed E-state index contributed by atoms with van der Waals surface area (Å²) >= 11 is 12.5. The van der Waals surface area contributed by atoms with Gasteiger partial charge >= 0.3 is 0 Å². The highest BCUT2D eigenvalue weighted by Crippen LogP contribution is 2.38. The van der Waals surface area contributed by atoms with Crippen molar-refractivity contribution in [3.05, 3.63) is 57.5 Å². The van der Waals surface area contributed by atoms with Crippen molar-refractivity contribution in [2.75, 3.05) is 20.2 Å². The molecule has 2 aromatic rings. The molecule has 29 heavy (non-hydrogen) atoms. The van der Waals surface area contributed by atoms with E-state index in [4.69, 9.17) is 32.7 Å². The van der Waals surface area contributed by atoms with E-state index in [1.807, 2.05) is 19.1 Å². The van der Waals surface area contributed by atoms with Crippen LogP contribution in [-0.2, 0) is 4.79 Å². The SMILES string of the molecule is COc1cc(C)ccc1Oc1cc(/C2=C(\Cl)NCCCCNC2=O)c(F)cc1Cl. The third-order valence-electron chi connectivity index (χ3n) is 4.45. The lowest BCUT2D eigenvalue weighted by molar-refractivity contribution is -0.115. The minimum Gasteiger partial charge on any atom is -0.493 e. The highest BCUT2D eigenvalue weighted by Gasteiger charge is 2.23. The fourth-order valence-electron chi connectivity index (χ4n) is 2.94. The number of rotatable bonds is 4. The molecule has 0 radical (unpaired) electrons. The Morgan fingerprint density at radius 2 is 1.72 bits per heavy atom. The second kappa shape index (κ2) is 9.37. The Labute approximate surface area is 178 Å². The van der Waals surface area contributed by atoms with Crippen molar-refractivity contribution >= 4 is 34.7 Å². The molecule has 154 valence electrons. The summed E-state index contributed by atoms with van der Waals surface area (Å²) in [6, 6.07) is 7.86. The van der Waals surface area contributed by atoms with E-state index in [1.165, 1.54) is 13.2 Å². The van der Waals surface area contributed by atoms with Gasteiger partial charge in [0.25, 0.3) is 5.91 Å². The molecule has 0 spiro atoms. The van der Waals surface area contributed by atoms with Crippen LogP contribution < -0.4 is 20.1 Å². The molecule has 0 aromatic heterocycles. The Morgan fingerprint density at radius 1 is 1.00 bits per heavy atom. The first-order valence-corrected chi connectivity index (χ1v) is 9.90. The molecule has 2 aromatic carbocycles. The summed E-state index contributed by atoms with van der Waals surface area (Å²) in [6.45, 7) is 2.98. The van der Waals surface area contributed by atoms with E-state index < -0.39 is 11.7 Å². The van der Waals surface area contributed by atoms with Gasteiger partial charge in [-0.2, -0.15) is 0 Å². The molecule has 0 saturated heterocycles. The first kappa shape index (κ1) is 21.3. The third-order valence-corrected chi connectivity index (χ3v) is 5.06. The van der Waals surface area contributed by atoms with Gasteiger partial charge in [-0.15, -0.1) is 0 Å². The van der Waals surface area contributed by atoms with Crippen LogP contribution in [0.2, 0.25) is 5.02 Å². The summed E-state index contributed by atoms with van der Waals surface area (Å²) in [5, 5.41) is 5.85. The predicted molar refractivity (Wildman–Crippen MR) is 112 cm³/mol. The van der Waals surface area contributed by atoms with Crippen molar-refractivity contribution < 1.29 is 18.7 Å². The predicted octanol–water partition coefficient (Wildman–Crippen LogP) is 5.00. The highest BCUT2D eigenvalue weighted by atomic mass is 35.5. The minimum atomic E-state index is -0.678. The fraction of sp³-hybridized carbons (Fsp3) is 0.286. The maximum atomic E-state index is 14.8. The van der Waals surface area contributed by atoms with Gasteiger partial charge in [0.1, 0.15) is 16.7 Å². The molecular weight excluding hydrogens is 418 g/mol. The van der Waals surface area contributed by atoms with Crippen molar-refractivity contribution in [3.8, 4) is 17.2 Å². The van der Waals surface area contributed by atoms with Gasteiger partial charge in [-0.1, -0.05) is 29.3 Å². The number of amides is 1. The number of methoxy groups -OCH3 is 1. The normalized spacial score (nSPS) is 17.5. The summed E-state index contributed by atoms with van der Waals surface area (Å²) in [7, 11) is 1.53. The number of hydrogen-bond donors (Lipinski definition) is 2. The Morgan fingerprint density at radius 3 is 2.45 bits per heavy atom. The molecule has 8 heteroatoms. The molecule has 2 N–H and O–H groups in total.